The van der Waals surface area contributed by atoms with E-state index in [-0.39, 0.29) is 0 Å². The summed E-state index contributed by atoms with van der Waals surface area (Å²) in [6, 6.07) is 31.9. The molecule has 21 heavy (non-hydrogen) atoms. The van der Waals surface area contributed by atoms with Gasteiger partial charge in [0.1, 0.15) is 0 Å². The van der Waals surface area contributed by atoms with Crippen molar-refractivity contribution in [2.75, 3.05) is 6.26 Å². The van der Waals surface area contributed by atoms with Gasteiger partial charge in [-0.2, -0.15) is 3.89 Å². The van der Waals surface area contributed by atoms with E-state index < -0.39 is 0 Å². The molecule has 0 radical (unpaired) electrons. The fourth-order valence-electron chi connectivity index (χ4n) is 2.68. The first-order chi connectivity index (χ1) is 10.4. The van der Waals surface area contributed by atoms with E-state index in [1.807, 2.05) is 11.9 Å². The molecule has 0 bridgehead atoms. The summed E-state index contributed by atoms with van der Waals surface area (Å²) in [6.07, 6.45) is 2.16. The molecule has 0 atom stereocenters. The number of rotatable bonds is 4. The molecule has 1 nitrogen and oxygen atoms in total. The van der Waals surface area contributed by atoms with Crippen molar-refractivity contribution in [1.82, 2.24) is 3.89 Å². The van der Waals surface area contributed by atoms with E-state index in [1.54, 1.807) is 0 Å². The van der Waals surface area contributed by atoms with E-state index >= 15 is 0 Å². The molecule has 0 aliphatic rings. The van der Waals surface area contributed by atoms with Crippen LogP contribution in [0.25, 0.3) is 0 Å². The largest absolute Gasteiger partial charge is 0.166 e. The second-order valence-electron chi connectivity index (χ2n) is 4.80. The Balaban J connectivity index is 2.29. The van der Waals surface area contributed by atoms with Crippen molar-refractivity contribution in [3.8, 4) is 0 Å². The minimum atomic E-state index is 0.655. The van der Waals surface area contributed by atoms with Crippen molar-refractivity contribution < 1.29 is 0 Å². The lowest BCUT2D eigenvalue weighted by atomic mass is 10.2. The maximum Gasteiger partial charge on any atom is 0.154 e. The van der Waals surface area contributed by atoms with Gasteiger partial charge in [-0.3, -0.25) is 0 Å². The van der Waals surface area contributed by atoms with Crippen LogP contribution in [-0.4, -0.2) is 6.26 Å². The van der Waals surface area contributed by atoms with Gasteiger partial charge in [0.2, 0.25) is 0 Å². The molecule has 0 amide bonds. The number of benzene rings is 3. The number of nitrogens with zero attached hydrogens (tertiary/aromatic N) is 1. The molecular weight excluding hydrogens is 274 g/mol. The lowest BCUT2D eigenvalue weighted by molar-refractivity contribution is 0.832. The van der Waals surface area contributed by atoms with Gasteiger partial charge in [0.25, 0.3) is 0 Å². The fourth-order valence-corrected chi connectivity index (χ4v) is 3.67. The normalized spacial score (nSPS) is 11.3. The highest BCUT2D eigenvalue weighted by atomic mass is 32.2. The number of para-hydroxylation sites is 3. The summed E-state index contributed by atoms with van der Waals surface area (Å²) in [6.45, 7) is 0. The van der Waals surface area contributed by atoms with Crippen LogP contribution < -0.4 is 3.89 Å². The van der Waals surface area contributed by atoms with Crippen LogP contribution in [0.1, 0.15) is 0 Å². The third-order valence-electron chi connectivity index (χ3n) is 3.63. The second-order valence-corrected chi connectivity index (χ2v) is 5.71. The Hall–Kier alpha value is -2.03. The van der Waals surface area contributed by atoms with Crippen LogP contribution in [-0.2, 0) is 0 Å². The predicted octanol–water partition coefficient (Wildman–Crippen LogP) is 5.94. The van der Waals surface area contributed by atoms with Gasteiger partial charge in [-0.25, -0.2) is 0 Å². The molecule has 3 aromatic rings. The van der Waals surface area contributed by atoms with Crippen molar-refractivity contribution in [2.45, 2.75) is 0 Å². The highest BCUT2D eigenvalue weighted by molar-refractivity contribution is 7.98. The van der Waals surface area contributed by atoms with Crippen LogP contribution in [0, 0.1) is 0 Å². The summed E-state index contributed by atoms with van der Waals surface area (Å²) in [5, 5.41) is 0. The van der Waals surface area contributed by atoms with Gasteiger partial charge in [0, 0.05) is 42.7 Å². The molecule has 0 aliphatic heterocycles. The van der Waals surface area contributed by atoms with E-state index in [2.05, 4.69) is 97.3 Å². The molecular formula is C19H18NS+. The smallest absolute Gasteiger partial charge is 0.154 e. The number of quaternary nitrogens is 1. The van der Waals surface area contributed by atoms with E-state index in [0.29, 0.717) is 3.89 Å². The van der Waals surface area contributed by atoms with Crippen molar-refractivity contribution in [2.24, 2.45) is 0 Å². The van der Waals surface area contributed by atoms with Crippen molar-refractivity contribution in [3.05, 3.63) is 91.0 Å². The van der Waals surface area contributed by atoms with Crippen LogP contribution >= 0.6 is 11.9 Å². The van der Waals surface area contributed by atoms with Crippen LogP contribution in [0.5, 0.6) is 0 Å². The molecule has 3 rings (SSSR count). The minimum Gasteiger partial charge on any atom is -0.166 e. The number of hydrogen-bond donors (Lipinski definition) is 0. The van der Waals surface area contributed by atoms with Gasteiger partial charge >= 0.3 is 0 Å². The van der Waals surface area contributed by atoms with Gasteiger partial charge in [-0.15, -0.1) is 0 Å². The average Bonchev–Trinajstić information content (AvgIpc) is 2.59. The van der Waals surface area contributed by atoms with Crippen molar-refractivity contribution in [3.63, 3.8) is 0 Å². The van der Waals surface area contributed by atoms with E-state index in [1.165, 1.54) is 17.1 Å². The summed E-state index contributed by atoms with van der Waals surface area (Å²) < 4.78 is 0.655. The third kappa shape index (κ3) is 2.48. The topological polar surface area (TPSA) is 0 Å². The zero-order chi connectivity index (χ0) is 14.5. The summed E-state index contributed by atoms with van der Waals surface area (Å²) >= 11 is 1.81. The molecule has 0 unspecified atom stereocenters. The van der Waals surface area contributed by atoms with Gasteiger partial charge in [0.15, 0.2) is 17.1 Å². The summed E-state index contributed by atoms with van der Waals surface area (Å²) in [5.74, 6) is 0. The summed E-state index contributed by atoms with van der Waals surface area (Å²) in [7, 11) is 0. The summed E-state index contributed by atoms with van der Waals surface area (Å²) in [4.78, 5) is 0. The SMILES string of the molecule is CS[N+](c1ccccc1)(c1ccccc1)c1ccccc1. The summed E-state index contributed by atoms with van der Waals surface area (Å²) in [5.41, 5.74) is 3.76. The Bertz CT molecular complexity index is 584. The van der Waals surface area contributed by atoms with E-state index in [9.17, 15) is 0 Å². The Kier molecular flexibility index (Phi) is 4.09. The Morgan fingerprint density at radius 1 is 0.524 bits per heavy atom. The molecule has 0 saturated heterocycles. The van der Waals surface area contributed by atoms with E-state index in [0.717, 1.165) is 0 Å². The zero-order valence-corrected chi connectivity index (χ0v) is 12.8. The van der Waals surface area contributed by atoms with Crippen LogP contribution in [0.2, 0.25) is 0 Å². The minimum absolute atomic E-state index is 0.655. The lowest BCUT2D eigenvalue weighted by Gasteiger charge is -2.33. The molecule has 0 aromatic heterocycles. The molecule has 0 N–H and O–H groups in total. The molecule has 0 saturated carbocycles. The molecule has 2 heteroatoms. The molecule has 0 aliphatic carbocycles. The number of hydrogen-bond acceptors (Lipinski definition) is 1. The van der Waals surface area contributed by atoms with Crippen molar-refractivity contribution >= 4 is 29.0 Å². The third-order valence-corrected chi connectivity index (χ3v) is 4.81. The van der Waals surface area contributed by atoms with Gasteiger partial charge in [-0.05, 0) is 0 Å². The molecule has 0 spiro atoms. The quantitative estimate of drug-likeness (QED) is 0.424. The Morgan fingerprint density at radius 3 is 1.05 bits per heavy atom. The van der Waals surface area contributed by atoms with Crippen molar-refractivity contribution in [1.29, 1.82) is 0 Å². The lowest BCUT2D eigenvalue weighted by Crippen LogP contribution is -2.30. The van der Waals surface area contributed by atoms with Crippen LogP contribution in [0.15, 0.2) is 91.0 Å². The standard InChI is InChI=1S/C19H18NS/c1-21-20(17-11-5-2-6-12-17,18-13-7-3-8-14-18)19-15-9-4-10-16-19/h2-16H,1H3/q+1. The first-order valence-electron chi connectivity index (χ1n) is 6.99. The monoisotopic (exact) mass is 292 g/mol. The highest BCUT2D eigenvalue weighted by Gasteiger charge is 2.36. The first kappa shape index (κ1) is 13.9. The predicted molar refractivity (Wildman–Crippen MR) is 94.0 cm³/mol. The van der Waals surface area contributed by atoms with Gasteiger partial charge in [0.05, 0.1) is 11.9 Å². The Labute approximate surface area is 130 Å². The first-order valence-corrected chi connectivity index (χ1v) is 8.18. The van der Waals surface area contributed by atoms with Gasteiger partial charge in [-0.1, -0.05) is 54.6 Å². The fraction of sp³-hybridized carbons (Fsp3) is 0.0526. The second kappa shape index (κ2) is 6.17. The van der Waals surface area contributed by atoms with E-state index in [4.69, 9.17) is 0 Å². The maximum atomic E-state index is 2.19. The van der Waals surface area contributed by atoms with Gasteiger partial charge < -0.3 is 0 Å². The molecule has 0 heterocycles. The molecule has 104 valence electrons. The highest BCUT2D eigenvalue weighted by Crippen LogP contribution is 2.48. The molecule has 3 aromatic carbocycles. The van der Waals surface area contributed by atoms with Crippen LogP contribution in [0.3, 0.4) is 0 Å². The van der Waals surface area contributed by atoms with Crippen LogP contribution in [0.4, 0.5) is 17.1 Å². The maximum absolute atomic E-state index is 2.19. The Morgan fingerprint density at radius 2 is 0.810 bits per heavy atom. The molecule has 0 fully saturated rings. The average molecular weight is 292 g/mol. The zero-order valence-electron chi connectivity index (χ0n) is 12.0.